The SMILES string of the molecule is Cc1cc(C)nc(Oc2ccc(NC(=O)/C=C/c3cccc([N+](=O)[O-])c3)cc2)n1. The molecule has 8 nitrogen and oxygen atoms in total. The molecular weight excluding hydrogens is 372 g/mol. The van der Waals surface area contributed by atoms with Gasteiger partial charge in [0.2, 0.25) is 5.91 Å². The van der Waals surface area contributed by atoms with Crippen LogP contribution in [0.3, 0.4) is 0 Å². The van der Waals surface area contributed by atoms with Gasteiger partial charge in [-0.25, -0.2) is 9.97 Å². The lowest BCUT2D eigenvalue weighted by Gasteiger charge is -2.07. The van der Waals surface area contributed by atoms with Gasteiger partial charge in [0.1, 0.15) is 5.75 Å². The van der Waals surface area contributed by atoms with Crippen molar-refractivity contribution in [2.75, 3.05) is 5.32 Å². The van der Waals surface area contributed by atoms with E-state index in [0.717, 1.165) is 11.4 Å². The highest BCUT2D eigenvalue weighted by atomic mass is 16.6. The summed E-state index contributed by atoms with van der Waals surface area (Å²) in [6.45, 7) is 3.72. The van der Waals surface area contributed by atoms with E-state index < -0.39 is 4.92 Å². The van der Waals surface area contributed by atoms with Crippen molar-refractivity contribution in [1.82, 2.24) is 9.97 Å². The highest BCUT2D eigenvalue weighted by Crippen LogP contribution is 2.21. The van der Waals surface area contributed by atoms with Crippen LogP contribution >= 0.6 is 0 Å². The van der Waals surface area contributed by atoms with Crippen LogP contribution in [0.15, 0.2) is 60.7 Å². The summed E-state index contributed by atoms with van der Waals surface area (Å²) < 4.78 is 5.63. The van der Waals surface area contributed by atoms with Crippen LogP contribution in [-0.2, 0) is 4.79 Å². The fraction of sp³-hybridized carbons (Fsp3) is 0.0952. The Bertz CT molecular complexity index is 1060. The third-order valence-electron chi connectivity index (χ3n) is 3.80. The van der Waals surface area contributed by atoms with Crippen molar-refractivity contribution < 1.29 is 14.5 Å². The van der Waals surface area contributed by atoms with Crippen molar-refractivity contribution in [3.63, 3.8) is 0 Å². The Morgan fingerprint density at radius 2 is 1.76 bits per heavy atom. The summed E-state index contributed by atoms with van der Waals surface area (Å²) in [6, 6.07) is 14.9. The lowest BCUT2D eigenvalue weighted by atomic mass is 10.2. The number of hydrogen-bond acceptors (Lipinski definition) is 6. The van der Waals surface area contributed by atoms with Gasteiger partial charge in [0.15, 0.2) is 0 Å². The Morgan fingerprint density at radius 3 is 2.41 bits per heavy atom. The van der Waals surface area contributed by atoms with Crippen molar-refractivity contribution >= 4 is 23.4 Å². The molecule has 1 N–H and O–H groups in total. The first kappa shape index (κ1) is 19.7. The molecule has 0 aliphatic carbocycles. The van der Waals surface area contributed by atoms with Crippen LogP contribution in [0.1, 0.15) is 17.0 Å². The summed E-state index contributed by atoms with van der Waals surface area (Å²) >= 11 is 0. The monoisotopic (exact) mass is 390 g/mol. The van der Waals surface area contributed by atoms with Crippen LogP contribution in [-0.4, -0.2) is 20.8 Å². The van der Waals surface area contributed by atoms with E-state index in [4.69, 9.17) is 4.74 Å². The highest BCUT2D eigenvalue weighted by molar-refractivity contribution is 6.01. The minimum Gasteiger partial charge on any atom is -0.424 e. The first-order valence-corrected chi connectivity index (χ1v) is 8.73. The van der Waals surface area contributed by atoms with Crippen LogP contribution < -0.4 is 10.1 Å². The number of benzene rings is 2. The Morgan fingerprint density at radius 1 is 1.07 bits per heavy atom. The summed E-state index contributed by atoms with van der Waals surface area (Å²) in [5.41, 5.74) is 2.73. The van der Waals surface area contributed by atoms with Gasteiger partial charge in [-0.15, -0.1) is 0 Å². The second-order valence-electron chi connectivity index (χ2n) is 6.23. The maximum atomic E-state index is 12.1. The predicted octanol–water partition coefficient (Wildman–Crippen LogP) is 4.45. The second kappa shape index (κ2) is 8.75. The largest absolute Gasteiger partial charge is 0.424 e. The van der Waals surface area contributed by atoms with Gasteiger partial charge in [0, 0.05) is 35.3 Å². The van der Waals surface area contributed by atoms with E-state index in [1.807, 2.05) is 19.9 Å². The van der Waals surface area contributed by atoms with Gasteiger partial charge in [0.25, 0.3) is 5.69 Å². The zero-order valence-corrected chi connectivity index (χ0v) is 15.8. The molecule has 0 unspecified atom stereocenters. The average Bonchev–Trinajstić information content (AvgIpc) is 2.67. The molecule has 0 bridgehead atoms. The molecule has 0 aliphatic rings. The highest BCUT2D eigenvalue weighted by Gasteiger charge is 2.05. The van der Waals surface area contributed by atoms with Crippen molar-refractivity contribution in [3.05, 3.63) is 87.7 Å². The molecule has 0 aliphatic heterocycles. The topological polar surface area (TPSA) is 107 Å². The molecule has 8 heteroatoms. The number of non-ortho nitro benzene ring substituents is 1. The quantitative estimate of drug-likeness (QED) is 0.379. The van der Waals surface area contributed by atoms with E-state index in [2.05, 4.69) is 15.3 Å². The number of rotatable bonds is 6. The molecule has 0 saturated heterocycles. The fourth-order valence-electron chi connectivity index (χ4n) is 2.55. The molecule has 0 atom stereocenters. The Hall–Kier alpha value is -4.07. The van der Waals surface area contributed by atoms with Crippen LogP contribution in [0.25, 0.3) is 6.08 Å². The number of carbonyl (C=O) groups is 1. The van der Waals surface area contributed by atoms with E-state index in [-0.39, 0.29) is 17.6 Å². The first-order valence-electron chi connectivity index (χ1n) is 8.73. The summed E-state index contributed by atoms with van der Waals surface area (Å²) in [6.07, 6.45) is 2.82. The van der Waals surface area contributed by atoms with Crippen molar-refractivity contribution in [3.8, 4) is 11.8 Å². The first-order chi connectivity index (χ1) is 13.9. The number of hydrogen-bond donors (Lipinski definition) is 1. The van der Waals surface area contributed by atoms with Crippen LogP contribution in [0.2, 0.25) is 0 Å². The number of aryl methyl sites for hydroxylation is 2. The number of carbonyl (C=O) groups excluding carboxylic acids is 1. The van der Waals surface area contributed by atoms with Crippen molar-refractivity contribution in [2.24, 2.45) is 0 Å². The molecule has 1 heterocycles. The molecule has 1 amide bonds. The third kappa shape index (κ3) is 5.70. The lowest BCUT2D eigenvalue weighted by Crippen LogP contribution is -2.07. The molecule has 0 saturated carbocycles. The normalized spacial score (nSPS) is 10.7. The van der Waals surface area contributed by atoms with Gasteiger partial charge in [-0.05, 0) is 55.8 Å². The third-order valence-corrected chi connectivity index (χ3v) is 3.80. The Balaban J connectivity index is 1.61. The van der Waals surface area contributed by atoms with Crippen LogP contribution in [0.4, 0.5) is 11.4 Å². The van der Waals surface area contributed by atoms with Gasteiger partial charge >= 0.3 is 6.01 Å². The maximum Gasteiger partial charge on any atom is 0.322 e. The molecule has 3 aromatic rings. The smallest absolute Gasteiger partial charge is 0.322 e. The van der Waals surface area contributed by atoms with Gasteiger partial charge in [-0.2, -0.15) is 0 Å². The minimum atomic E-state index is -0.482. The second-order valence-corrected chi connectivity index (χ2v) is 6.23. The van der Waals surface area contributed by atoms with Crippen molar-refractivity contribution in [1.29, 1.82) is 0 Å². The fourth-order valence-corrected chi connectivity index (χ4v) is 2.55. The van der Waals surface area contributed by atoms with E-state index in [1.54, 1.807) is 36.4 Å². The number of nitrogens with one attached hydrogen (secondary N) is 1. The molecule has 0 fully saturated rings. The zero-order chi connectivity index (χ0) is 20.8. The standard InChI is InChI=1S/C21H18N4O4/c1-14-12-15(2)23-21(22-14)29-19-9-7-17(8-10-19)24-20(26)11-6-16-4-3-5-18(13-16)25(27)28/h3-13H,1-2H3,(H,24,26)/b11-6+. The van der Waals surface area contributed by atoms with Gasteiger partial charge < -0.3 is 10.1 Å². The van der Waals surface area contributed by atoms with Crippen LogP contribution in [0, 0.1) is 24.0 Å². The molecule has 29 heavy (non-hydrogen) atoms. The molecule has 0 radical (unpaired) electrons. The minimum absolute atomic E-state index is 0.0315. The summed E-state index contributed by atoms with van der Waals surface area (Å²) in [5.74, 6) is 0.183. The number of aromatic nitrogens is 2. The van der Waals surface area contributed by atoms with Crippen LogP contribution in [0.5, 0.6) is 11.8 Å². The number of nitrogens with zero attached hydrogens (tertiary/aromatic N) is 3. The average molecular weight is 390 g/mol. The zero-order valence-electron chi connectivity index (χ0n) is 15.8. The van der Waals surface area contributed by atoms with Gasteiger partial charge in [-0.3, -0.25) is 14.9 Å². The van der Waals surface area contributed by atoms with Gasteiger partial charge in [0.05, 0.1) is 4.92 Å². The number of amides is 1. The maximum absolute atomic E-state index is 12.1. The molecule has 146 valence electrons. The Labute approximate surface area is 167 Å². The number of ether oxygens (including phenoxy) is 1. The Kier molecular flexibility index (Phi) is 5.94. The van der Waals surface area contributed by atoms with E-state index in [9.17, 15) is 14.9 Å². The number of nitro groups is 1. The van der Waals surface area contributed by atoms with Crippen molar-refractivity contribution in [2.45, 2.75) is 13.8 Å². The summed E-state index contributed by atoms with van der Waals surface area (Å²) in [5, 5.41) is 13.5. The lowest BCUT2D eigenvalue weighted by molar-refractivity contribution is -0.384. The van der Waals surface area contributed by atoms with E-state index in [1.165, 1.54) is 24.3 Å². The summed E-state index contributed by atoms with van der Waals surface area (Å²) in [4.78, 5) is 30.8. The van der Waals surface area contributed by atoms with E-state index >= 15 is 0 Å². The number of nitro benzene ring substituents is 1. The molecule has 3 rings (SSSR count). The summed E-state index contributed by atoms with van der Waals surface area (Å²) in [7, 11) is 0. The molecule has 2 aromatic carbocycles. The van der Waals surface area contributed by atoms with Gasteiger partial charge in [-0.1, -0.05) is 12.1 Å². The molecule has 1 aromatic heterocycles. The number of anilines is 1. The predicted molar refractivity (Wildman–Crippen MR) is 109 cm³/mol. The molecule has 0 spiro atoms. The molecular formula is C21H18N4O4. The van der Waals surface area contributed by atoms with E-state index in [0.29, 0.717) is 17.0 Å².